The molecular formula is C20H22ClN3O3. The third-order valence-electron chi connectivity index (χ3n) is 5.07. The van der Waals surface area contributed by atoms with Gasteiger partial charge in [-0.15, -0.1) is 0 Å². The Morgan fingerprint density at radius 2 is 1.96 bits per heavy atom. The van der Waals surface area contributed by atoms with Crippen LogP contribution >= 0.6 is 11.6 Å². The van der Waals surface area contributed by atoms with Crippen LogP contribution in [0.25, 0.3) is 0 Å². The van der Waals surface area contributed by atoms with Crippen molar-refractivity contribution in [1.82, 2.24) is 10.2 Å². The van der Waals surface area contributed by atoms with Gasteiger partial charge in [0.05, 0.1) is 15.5 Å². The maximum Gasteiger partial charge on any atom is 0.270 e. The lowest BCUT2D eigenvalue weighted by molar-refractivity contribution is -0.384. The van der Waals surface area contributed by atoms with Crippen LogP contribution < -0.4 is 5.32 Å². The van der Waals surface area contributed by atoms with Crippen molar-refractivity contribution >= 4 is 23.2 Å². The van der Waals surface area contributed by atoms with Crippen molar-refractivity contribution < 1.29 is 9.72 Å². The molecule has 2 aromatic carbocycles. The van der Waals surface area contributed by atoms with Gasteiger partial charge >= 0.3 is 0 Å². The van der Waals surface area contributed by atoms with Crippen LogP contribution in [0.1, 0.15) is 35.3 Å². The maximum absolute atomic E-state index is 12.5. The maximum atomic E-state index is 12.5. The fourth-order valence-corrected chi connectivity index (χ4v) is 3.52. The molecule has 1 amide bonds. The number of nitro groups is 1. The first-order valence-corrected chi connectivity index (χ1v) is 9.20. The Labute approximate surface area is 163 Å². The molecule has 0 aliphatic carbocycles. The van der Waals surface area contributed by atoms with Crippen molar-refractivity contribution in [2.24, 2.45) is 0 Å². The van der Waals surface area contributed by atoms with Crippen LogP contribution in [0, 0.1) is 10.1 Å². The molecule has 1 heterocycles. The molecule has 3 rings (SSSR count). The molecule has 142 valence electrons. The first-order chi connectivity index (χ1) is 12.8. The highest BCUT2D eigenvalue weighted by Gasteiger charge is 2.30. The van der Waals surface area contributed by atoms with Crippen LogP contribution in [0.4, 0.5) is 5.69 Å². The number of non-ortho nitro benzene ring substituents is 1. The number of nitrogens with zero attached hydrogens (tertiary/aromatic N) is 2. The average Bonchev–Trinajstić information content (AvgIpc) is 2.66. The standard InChI is InChI=1S/C20H22ClN3O3/c1-20(2,23-10-9-14-5-3-4-6-15(14)12-23)13-22-19(25)17-11-16(24(26)27)7-8-18(17)21/h3-8,11H,9-10,12-13H2,1-2H3,(H,22,25). The van der Waals surface area contributed by atoms with Crippen molar-refractivity contribution in [2.75, 3.05) is 13.1 Å². The molecule has 1 aliphatic heterocycles. The Kier molecular flexibility index (Phi) is 5.48. The van der Waals surface area contributed by atoms with Crippen LogP contribution in [0.5, 0.6) is 0 Å². The molecule has 0 spiro atoms. The molecule has 1 N–H and O–H groups in total. The van der Waals surface area contributed by atoms with E-state index in [2.05, 4.69) is 42.3 Å². The van der Waals surface area contributed by atoms with Gasteiger partial charge in [0.2, 0.25) is 0 Å². The van der Waals surface area contributed by atoms with Gasteiger partial charge in [-0.3, -0.25) is 19.8 Å². The second-order valence-corrected chi connectivity index (χ2v) is 7.76. The van der Waals surface area contributed by atoms with E-state index in [0.29, 0.717) is 6.54 Å². The first-order valence-electron chi connectivity index (χ1n) is 8.82. The van der Waals surface area contributed by atoms with E-state index in [1.165, 1.54) is 29.3 Å². The predicted octanol–water partition coefficient (Wildman–Crippen LogP) is 3.81. The summed E-state index contributed by atoms with van der Waals surface area (Å²) < 4.78 is 0. The molecule has 0 saturated heterocycles. The van der Waals surface area contributed by atoms with E-state index in [1.807, 2.05) is 6.07 Å². The minimum absolute atomic E-state index is 0.116. The number of carbonyl (C=O) groups is 1. The molecule has 7 heteroatoms. The number of benzene rings is 2. The fourth-order valence-electron chi connectivity index (χ4n) is 3.32. The van der Waals surface area contributed by atoms with Crippen LogP contribution in [-0.2, 0) is 13.0 Å². The van der Waals surface area contributed by atoms with Crippen LogP contribution in [0.2, 0.25) is 5.02 Å². The fraction of sp³-hybridized carbons (Fsp3) is 0.350. The smallest absolute Gasteiger partial charge is 0.270 e. The second-order valence-electron chi connectivity index (χ2n) is 7.36. The number of rotatable bonds is 5. The van der Waals surface area contributed by atoms with Gasteiger partial charge in [-0.05, 0) is 37.5 Å². The molecular weight excluding hydrogens is 366 g/mol. The summed E-state index contributed by atoms with van der Waals surface area (Å²) in [5.74, 6) is -0.408. The van der Waals surface area contributed by atoms with Crippen LogP contribution in [0.3, 0.4) is 0 Å². The summed E-state index contributed by atoms with van der Waals surface area (Å²) in [5.41, 5.74) is 2.38. The van der Waals surface area contributed by atoms with Crippen LogP contribution in [0.15, 0.2) is 42.5 Å². The zero-order valence-electron chi connectivity index (χ0n) is 15.4. The third kappa shape index (κ3) is 4.28. The van der Waals surface area contributed by atoms with Crippen molar-refractivity contribution in [3.8, 4) is 0 Å². The molecule has 6 nitrogen and oxygen atoms in total. The van der Waals surface area contributed by atoms with E-state index in [9.17, 15) is 14.9 Å². The molecule has 0 bridgehead atoms. The Morgan fingerprint density at radius 3 is 2.67 bits per heavy atom. The van der Waals surface area contributed by atoms with E-state index in [0.717, 1.165) is 19.5 Å². The highest BCUT2D eigenvalue weighted by atomic mass is 35.5. The molecule has 0 fully saturated rings. The van der Waals surface area contributed by atoms with Gasteiger partial charge in [-0.25, -0.2) is 0 Å². The largest absolute Gasteiger partial charge is 0.350 e. The number of amides is 1. The van der Waals surface area contributed by atoms with Gasteiger partial charge in [0, 0.05) is 37.3 Å². The highest BCUT2D eigenvalue weighted by Crippen LogP contribution is 2.26. The van der Waals surface area contributed by atoms with Crippen molar-refractivity contribution in [3.63, 3.8) is 0 Å². The summed E-state index contributed by atoms with van der Waals surface area (Å²) in [4.78, 5) is 25.3. The van der Waals surface area contributed by atoms with E-state index < -0.39 is 10.8 Å². The van der Waals surface area contributed by atoms with E-state index in [-0.39, 0.29) is 21.8 Å². The third-order valence-corrected chi connectivity index (χ3v) is 5.40. The summed E-state index contributed by atoms with van der Waals surface area (Å²) in [5, 5.41) is 14.0. The SMILES string of the molecule is CC(C)(CNC(=O)c1cc([N+](=O)[O-])ccc1Cl)N1CCc2ccccc2C1. The number of carbonyl (C=O) groups excluding carboxylic acids is 1. The number of halogens is 1. The summed E-state index contributed by atoms with van der Waals surface area (Å²) in [7, 11) is 0. The number of nitro benzene ring substituents is 1. The monoisotopic (exact) mass is 387 g/mol. The van der Waals surface area contributed by atoms with Gasteiger partial charge in [-0.2, -0.15) is 0 Å². The van der Waals surface area contributed by atoms with Crippen molar-refractivity contribution in [1.29, 1.82) is 0 Å². The lowest BCUT2D eigenvalue weighted by atomic mass is 9.94. The summed E-state index contributed by atoms with van der Waals surface area (Å²) in [6.45, 7) is 6.31. The Balaban J connectivity index is 1.68. The quantitative estimate of drug-likeness (QED) is 0.625. The van der Waals surface area contributed by atoms with Gasteiger partial charge in [-0.1, -0.05) is 35.9 Å². The van der Waals surface area contributed by atoms with Crippen molar-refractivity contribution in [3.05, 3.63) is 74.3 Å². The second kappa shape index (κ2) is 7.66. The van der Waals surface area contributed by atoms with Gasteiger partial charge in [0.25, 0.3) is 11.6 Å². The summed E-state index contributed by atoms with van der Waals surface area (Å²) in [6.07, 6.45) is 0.976. The number of fused-ring (bicyclic) bond motifs is 1. The Bertz CT molecular complexity index is 883. The van der Waals surface area contributed by atoms with E-state index >= 15 is 0 Å². The Hall–Kier alpha value is -2.44. The minimum Gasteiger partial charge on any atom is -0.350 e. The molecule has 1 aliphatic rings. The summed E-state index contributed by atoms with van der Waals surface area (Å²) >= 11 is 6.06. The van der Waals surface area contributed by atoms with E-state index in [1.54, 1.807) is 0 Å². The zero-order valence-corrected chi connectivity index (χ0v) is 16.1. The van der Waals surface area contributed by atoms with Gasteiger partial charge in [0.15, 0.2) is 0 Å². The lowest BCUT2D eigenvalue weighted by Gasteiger charge is -2.41. The molecule has 0 unspecified atom stereocenters. The predicted molar refractivity (Wildman–Crippen MR) is 105 cm³/mol. The number of nitrogens with one attached hydrogen (secondary N) is 1. The normalized spacial score (nSPS) is 14.5. The zero-order chi connectivity index (χ0) is 19.6. The molecule has 27 heavy (non-hydrogen) atoms. The van der Waals surface area contributed by atoms with Gasteiger partial charge < -0.3 is 5.32 Å². The summed E-state index contributed by atoms with van der Waals surface area (Å²) in [6, 6.07) is 12.3. The highest BCUT2D eigenvalue weighted by molar-refractivity contribution is 6.33. The van der Waals surface area contributed by atoms with Gasteiger partial charge in [0.1, 0.15) is 0 Å². The van der Waals surface area contributed by atoms with Crippen molar-refractivity contribution in [2.45, 2.75) is 32.4 Å². The van der Waals surface area contributed by atoms with E-state index in [4.69, 9.17) is 11.6 Å². The molecule has 0 aromatic heterocycles. The molecule has 0 radical (unpaired) electrons. The Morgan fingerprint density at radius 1 is 1.26 bits per heavy atom. The molecule has 0 atom stereocenters. The number of hydrogen-bond donors (Lipinski definition) is 1. The molecule has 0 saturated carbocycles. The number of hydrogen-bond acceptors (Lipinski definition) is 4. The lowest BCUT2D eigenvalue weighted by Crippen LogP contribution is -2.53. The topological polar surface area (TPSA) is 75.5 Å². The minimum atomic E-state index is -0.539. The van der Waals surface area contributed by atoms with Crippen LogP contribution in [-0.4, -0.2) is 34.4 Å². The molecule has 2 aromatic rings. The average molecular weight is 388 g/mol. The first kappa shape index (κ1) is 19.3.